The summed E-state index contributed by atoms with van der Waals surface area (Å²) in [5.74, 6) is 0.685. The molecular weight excluding hydrogens is 342 g/mol. The lowest BCUT2D eigenvalue weighted by molar-refractivity contribution is -0.137. The molecule has 1 fully saturated rings. The number of hydrogen-bond acceptors (Lipinski definition) is 4. The molecule has 2 amide bonds. The molecule has 3 N–H and O–H groups in total. The number of nitrogens with two attached hydrogens (primary N) is 1. The maximum atomic E-state index is 12.5. The largest absolute Gasteiger partial charge is 0.378 e. The standard InChI is InChI=1S/C18H35N3O3.ClH/c1-14(2)12-15(3)24-11-8-18(23)21-10-5-4-6-16(21)13-20-17(22)7-9-19;/h14-16H,4-13,19H2,1-3H3,(H,20,22);1H. The van der Waals surface area contributed by atoms with Gasteiger partial charge in [-0.15, -0.1) is 12.4 Å². The smallest absolute Gasteiger partial charge is 0.225 e. The predicted octanol–water partition coefficient (Wildman–Crippen LogP) is 2.10. The van der Waals surface area contributed by atoms with Crippen LogP contribution in [-0.2, 0) is 14.3 Å². The molecule has 1 saturated heterocycles. The number of nitrogens with zero attached hydrogens (tertiary/aromatic N) is 1. The number of hydrogen-bond donors (Lipinski definition) is 2. The molecule has 6 nitrogen and oxygen atoms in total. The van der Waals surface area contributed by atoms with Crippen molar-refractivity contribution < 1.29 is 14.3 Å². The van der Waals surface area contributed by atoms with Gasteiger partial charge in [0.05, 0.1) is 19.1 Å². The first-order valence-corrected chi connectivity index (χ1v) is 9.31. The predicted molar refractivity (Wildman–Crippen MR) is 103 cm³/mol. The SMILES string of the molecule is CC(C)CC(C)OCCC(=O)N1CCCCC1CNC(=O)CCN.Cl. The van der Waals surface area contributed by atoms with Crippen molar-refractivity contribution in [2.45, 2.75) is 71.4 Å². The van der Waals surface area contributed by atoms with E-state index in [4.69, 9.17) is 10.5 Å². The molecule has 0 bridgehead atoms. The summed E-state index contributed by atoms with van der Waals surface area (Å²) in [7, 11) is 0. The van der Waals surface area contributed by atoms with Crippen LogP contribution in [0, 0.1) is 5.92 Å². The topological polar surface area (TPSA) is 84.7 Å². The summed E-state index contributed by atoms with van der Waals surface area (Å²) < 4.78 is 5.75. The molecule has 1 rings (SSSR count). The molecule has 2 atom stereocenters. The van der Waals surface area contributed by atoms with E-state index in [1.165, 1.54) is 0 Å². The van der Waals surface area contributed by atoms with Crippen molar-refractivity contribution in [1.29, 1.82) is 0 Å². The highest BCUT2D eigenvalue weighted by Gasteiger charge is 2.26. The minimum atomic E-state index is -0.0404. The third-order valence-electron chi connectivity index (χ3n) is 4.38. The van der Waals surface area contributed by atoms with E-state index in [1.54, 1.807) is 0 Å². The van der Waals surface area contributed by atoms with Gasteiger partial charge < -0.3 is 20.7 Å². The van der Waals surface area contributed by atoms with Crippen molar-refractivity contribution in [1.82, 2.24) is 10.2 Å². The quantitative estimate of drug-likeness (QED) is 0.610. The first-order valence-electron chi connectivity index (χ1n) is 9.31. The van der Waals surface area contributed by atoms with E-state index in [9.17, 15) is 9.59 Å². The van der Waals surface area contributed by atoms with Gasteiger partial charge in [-0.3, -0.25) is 9.59 Å². The van der Waals surface area contributed by atoms with Crippen LogP contribution < -0.4 is 11.1 Å². The van der Waals surface area contributed by atoms with E-state index in [1.807, 2.05) is 4.90 Å². The van der Waals surface area contributed by atoms with Gasteiger partial charge in [-0.2, -0.15) is 0 Å². The molecular formula is C18H36ClN3O3. The summed E-state index contributed by atoms with van der Waals surface area (Å²) in [6, 6.07) is 0.0982. The average Bonchev–Trinajstić information content (AvgIpc) is 2.52. The van der Waals surface area contributed by atoms with Crippen LogP contribution in [0.4, 0.5) is 0 Å². The van der Waals surface area contributed by atoms with E-state index in [0.29, 0.717) is 38.5 Å². The van der Waals surface area contributed by atoms with E-state index in [0.717, 1.165) is 32.2 Å². The minimum absolute atomic E-state index is 0. The number of likely N-dealkylation sites (tertiary alicyclic amines) is 1. The van der Waals surface area contributed by atoms with Gasteiger partial charge in [-0.1, -0.05) is 13.8 Å². The molecule has 7 heteroatoms. The number of nitrogens with one attached hydrogen (secondary N) is 1. The molecule has 0 aromatic carbocycles. The zero-order valence-electron chi connectivity index (χ0n) is 16.0. The van der Waals surface area contributed by atoms with Crippen molar-refractivity contribution in [3.8, 4) is 0 Å². The Morgan fingerprint density at radius 1 is 1.24 bits per heavy atom. The highest BCUT2D eigenvalue weighted by molar-refractivity contribution is 5.85. The summed E-state index contributed by atoms with van der Waals surface area (Å²) in [6.07, 6.45) is 5.02. The maximum Gasteiger partial charge on any atom is 0.225 e. The molecule has 25 heavy (non-hydrogen) atoms. The van der Waals surface area contributed by atoms with Crippen LogP contribution in [0.15, 0.2) is 0 Å². The van der Waals surface area contributed by atoms with Crippen LogP contribution in [0.3, 0.4) is 0 Å². The van der Waals surface area contributed by atoms with Gasteiger partial charge in [0, 0.05) is 32.1 Å². The fourth-order valence-corrected chi connectivity index (χ4v) is 3.22. The Kier molecular flexibility index (Phi) is 12.9. The lowest BCUT2D eigenvalue weighted by Gasteiger charge is -2.36. The van der Waals surface area contributed by atoms with E-state index in [-0.39, 0.29) is 36.4 Å². The third-order valence-corrected chi connectivity index (χ3v) is 4.38. The first-order chi connectivity index (χ1) is 11.4. The Morgan fingerprint density at radius 2 is 1.96 bits per heavy atom. The van der Waals surface area contributed by atoms with Crippen molar-refractivity contribution in [3.05, 3.63) is 0 Å². The van der Waals surface area contributed by atoms with Gasteiger partial charge in [0.15, 0.2) is 0 Å². The Balaban J connectivity index is 0.00000576. The Labute approximate surface area is 158 Å². The van der Waals surface area contributed by atoms with Gasteiger partial charge in [0.1, 0.15) is 0 Å². The van der Waals surface area contributed by atoms with Crippen LogP contribution in [0.1, 0.15) is 59.3 Å². The lowest BCUT2D eigenvalue weighted by atomic mass is 10.0. The molecule has 0 spiro atoms. The van der Waals surface area contributed by atoms with Crippen LogP contribution in [0.2, 0.25) is 0 Å². The normalized spacial score (nSPS) is 18.6. The third kappa shape index (κ3) is 10.0. The average molecular weight is 378 g/mol. The molecule has 1 aliphatic rings. The Hall–Kier alpha value is -0.850. The van der Waals surface area contributed by atoms with Crippen molar-refractivity contribution in [3.63, 3.8) is 0 Å². The molecule has 2 unspecified atom stereocenters. The molecule has 0 aliphatic carbocycles. The second kappa shape index (κ2) is 13.4. The fourth-order valence-electron chi connectivity index (χ4n) is 3.22. The van der Waals surface area contributed by atoms with Gasteiger partial charge in [-0.05, 0) is 38.5 Å². The van der Waals surface area contributed by atoms with Gasteiger partial charge >= 0.3 is 0 Å². The number of ether oxygens (including phenoxy) is 1. The Bertz CT molecular complexity index is 394. The zero-order valence-corrected chi connectivity index (χ0v) is 16.8. The van der Waals surface area contributed by atoms with Crippen LogP contribution >= 0.6 is 12.4 Å². The van der Waals surface area contributed by atoms with Crippen molar-refractivity contribution in [2.75, 3.05) is 26.2 Å². The lowest BCUT2D eigenvalue weighted by Crippen LogP contribution is -2.49. The van der Waals surface area contributed by atoms with Crippen LogP contribution in [0.25, 0.3) is 0 Å². The molecule has 0 aromatic heterocycles. The minimum Gasteiger partial charge on any atom is -0.378 e. The molecule has 148 valence electrons. The highest BCUT2D eigenvalue weighted by atomic mass is 35.5. The van der Waals surface area contributed by atoms with Crippen molar-refractivity contribution >= 4 is 24.2 Å². The molecule has 0 saturated carbocycles. The van der Waals surface area contributed by atoms with Gasteiger partial charge in [-0.25, -0.2) is 0 Å². The van der Waals surface area contributed by atoms with Gasteiger partial charge in [0.25, 0.3) is 0 Å². The monoisotopic (exact) mass is 377 g/mol. The molecule has 0 aromatic rings. The number of amides is 2. The number of rotatable bonds is 10. The first kappa shape index (κ1) is 24.1. The molecule has 1 aliphatic heterocycles. The summed E-state index contributed by atoms with van der Waals surface area (Å²) >= 11 is 0. The zero-order chi connectivity index (χ0) is 17.9. The van der Waals surface area contributed by atoms with Crippen LogP contribution in [0.5, 0.6) is 0 Å². The summed E-state index contributed by atoms with van der Waals surface area (Å²) in [6.45, 7) is 8.51. The van der Waals surface area contributed by atoms with E-state index < -0.39 is 0 Å². The number of halogens is 1. The molecule has 0 radical (unpaired) electrons. The highest BCUT2D eigenvalue weighted by Crippen LogP contribution is 2.18. The second-order valence-electron chi connectivity index (χ2n) is 7.14. The van der Waals surface area contributed by atoms with E-state index >= 15 is 0 Å². The number of piperidine rings is 1. The second-order valence-corrected chi connectivity index (χ2v) is 7.14. The van der Waals surface area contributed by atoms with Crippen LogP contribution in [-0.4, -0.2) is 55.1 Å². The maximum absolute atomic E-state index is 12.5. The summed E-state index contributed by atoms with van der Waals surface area (Å²) in [5, 5.41) is 2.89. The number of carbonyl (C=O) groups excluding carboxylic acids is 2. The van der Waals surface area contributed by atoms with Crippen molar-refractivity contribution in [2.24, 2.45) is 11.7 Å². The summed E-state index contributed by atoms with van der Waals surface area (Å²) in [5.41, 5.74) is 5.38. The van der Waals surface area contributed by atoms with E-state index in [2.05, 4.69) is 26.1 Å². The number of carbonyl (C=O) groups is 2. The Morgan fingerprint density at radius 3 is 2.60 bits per heavy atom. The fraction of sp³-hybridized carbons (Fsp3) is 0.889. The molecule has 1 heterocycles. The van der Waals surface area contributed by atoms with Gasteiger partial charge in [0.2, 0.25) is 11.8 Å². The summed E-state index contributed by atoms with van der Waals surface area (Å²) in [4.78, 5) is 26.0.